The highest BCUT2D eigenvalue weighted by atomic mass is 16.5. The second-order valence-corrected chi connectivity index (χ2v) is 8.95. The second kappa shape index (κ2) is 9.05. The molecule has 0 unspecified atom stereocenters. The molecule has 180 valence electrons. The molecule has 0 aromatic carbocycles. The van der Waals surface area contributed by atoms with Crippen molar-refractivity contribution in [2.75, 3.05) is 65.7 Å². The van der Waals surface area contributed by atoms with Crippen LogP contribution in [0, 0.1) is 13.8 Å². The van der Waals surface area contributed by atoms with Crippen molar-refractivity contribution in [3.8, 4) is 0 Å². The molecular weight excluding hydrogens is 426 g/mol. The van der Waals surface area contributed by atoms with Gasteiger partial charge in [-0.3, -0.25) is 28.1 Å². The van der Waals surface area contributed by atoms with Gasteiger partial charge in [0.25, 0.3) is 5.56 Å². The lowest BCUT2D eigenvalue weighted by atomic mass is 10.3. The molecule has 11 heteroatoms. The third kappa shape index (κ3) is 3.92. The number of hydrogen-bond acceptors (Lipinski definition) is 7. The smallest absolute Gasteiger partial charge is 0.332 e. The third-order valence-corrected chi connectivity index (χ3v) is 7.12. The van der Waals surface area contributed by atoms with E-state index in [2.05, 4.69) is 21.3 Å². The molecule has 11 nitrogen and oxygen atoms in total. The number of aromatic nitrogens is 5. The number of morpholine rings is 2. The Bertz CT molecular complexity index is 1270. The lowest BCUT2D eigenvalue weighted by molar-refractivity contribution is 0.0361. The van der Waals surface area contributed by atoms with Crippen LogP contribution in [0.4, 0.5) is 0 Å². The normalized spacial score (nSPS) is 18.6. The lowest BCUT2D eigenvalue weighted by Gasteiger charge is -2.26. The average Bonchev–Trinajstić information content (AvgIpc) is 3.33. The van der Waals surface area contributed by atoms with Gasteiger partial charge in [0.15, 0.2) is 11.2 Å². The zero-order valence-corrected chi connectivity index (χ0v) is 19.7. The minimum absolute atomic E-state index is 0.276. The van der Waals surface area contributed by atoms with Crippen LogP contribution >= 0.6 is 0 Å². The fraction of sp³-hybridized carbons (Fsp3) is 0.682. The topological polar surface area (TPSA) is 91.2 Å². The molecule has 0 bridgehead atoms. The first-order valence-corrected chi connectivity index (χ1v) is 11.7. The van der Waals surface area contributed by atoms with Crippen molar-refractivity contribution in [1.29, 1.82) is 0 Å². The Morgan fingerprint density at radius 1 is 0.788 bits per heavy atom. The average molecular weight is 460 g/mol. The molecular formula is C22H33N7O4. The van der Waals surface area contributed by atoms with Gasteiger partial charge in [-0.05, 0) is 13.8 Å². The minimum Gasteiger partial charge on any atom is -0.379 e. The van der Waals surface area contributed by atoms with Crippen LogP contribution in [0.25, 0.3) is 16.9 Å². The molecule has 0 aliphatic carbocycles. The zero-order valence-electron chi connectivity index (χ0n) is 19.7. The molecule has 33 heavy (non-hydrogen) atoms. The van der Waals surface area contributed by atoms with Gasteiger partial charge in [-0.2, -0.15) is 4.98 Å². The largest absolute Gasteiger partial charge is 0.379 e. The third-order valence-electron chi connectivity index (χ3n) is 7.12. The predicted molar refractivity (Wildman–Crippen MR) is 124 cm³/mol. The number of imidazole rings is 2. The Kier molecular flexibility index (Phi) is 6.12. The number of fused-ring (bicyclic) bond motifs is 3. The van der Waals surface area contributed by atoms with Gasteiger partial charge in [0.2, 0.25) is 5.78 Å². The highest BCUT2D eigenvalue weighted by Gasteiger charge is 2.23. The summed E-state index contributed by atoms with van der Waals surface area (Å²) in [6.45, 7) is 13.1. The maximum Gasteiger partial charge on any atom is 0.332 e. The van der Waals surface area contributed by atoms with E-state index in [9.17, 15) is 9.59 Å². The Balaban J connectivity index is 1.53. The van der Waals surface area contributed by atoms with E-state index in [1.54, 1.807) is 7.05 Å². The Labute approximate surface area is 191 Å². The van der Waals surface area contributed by atoms with Crippen molar-refractivity contribution in [1.82, 2.24) is 32.9 Å². The summed E-state index contributed by atoms with van der Waals surface area (Å²) >= 11 is 0. The summed E-state index contributed by atoms with van der Waals surface area (Å²) in [6, 6.07) is 0. The van der Waals surface area contributed by atoms with Crippen molar-refractivity contribution in [2.45, 2.75) is 26.9 Å². The Hall–Kier alpha value is -2.47. The number of ether oxygens (including phenoxy) is 2. The summed E-state index contributed by atoms with van der Waals surface area (Å²) in [7, 11) is 1.70. The van der Waals surface area contributed by atoms with Gasteiger partial charge in [0.1, 0.15) is 0 Å². The van der Waals surface area contributed by atoms with Crippen LogP contribution in [0.2, 0.25) is 0 Å². The van der Waals surface area contributed by atoms with Crippen molar-refractivity contribution in [3.63, 3.8) is 0 Å². The van der Waals surface area contributed by atoms with Gasteiger partial charge in [-0.15, -0.1) is 0 Å². The Morgan fingerprint density at radius 3 is 1.91 bits per heavy atom. The number of nitrogens with zero attached hydrogens (tertiary/aromatic N) is 7. The molecule has 2 saturated heterocycles. The van der Waals surface area contributed by atoms with Gasteiger partial charge in [-0.25, -0.2) is 4.79 Å². The first-order valence-electron chi connectivity index (χ1n) is 11.7. The molecule has 3 aromatic rings. The van der Waals surface area contributed by atoms with Crippen molar-refractivity contribution < 1.29 is 9.47 Å². The summed E-state index contributed by atoms with van der Waals surface area (Å²) in [5, 5.41) is 0. The monoisotopic (exact) mass is 459 g/mol. The van der Waals surface area contributed by atoms with Crippen LogP contribution < -0.4 is 11.2 Å². The van der Waals surface area contributed by atoms with Gasteiger partial charge < -0.3 is 14.0 Å². The highest BCUT2D eigenvalue weighted by Crippen LogP contribution is 2.20. The fourth-order valence-electron chi connectivity index (χ4n) is 4.91. The van der Waals surface area contributed by atoms with Gasteiger partial charge >= 0.3 is 5.69 Å². The van der Waals surface area contributed by atoms with Gasteiger partial charge in [0, 0.05) is 70.8 Å². The summed E-state index contributed by atoms with van der Waals surface area (Å²) < 4.78 is 17.8. The van der Waals surface area contributed by atoms with E-state index in [-0.39, 0.29) is 11.2 Å². The highest BCUT2D eigenvalue weighted by molar-refractivity contribution is 5.76. The van der Waals surface area contributed by atoms with E-state index in [0.717, 1.165) is 63.9 Å². The standard InChI is InChI=1S/C22H33N7O4/c1-16-17(2)29-18-19(23-21(29)27(16)6-4-25-8-12-32-13-9-25)24(3)22(31)28(20(18)30)7-5-26-10-14-33-15-11-26/h4-15H2,1-3H3. The van der Waals surface area contributed by atoms with Crippen LogP contribution in [-0.4, -0.2) is 98.6 Å². The summed E-state index contributed by atoms with van der Waals surface area (Å²) in [6.07, 6.45) is 0. The van der Waals surface area contributed by atoms with E-state index >= 15 is 0 Å². The first-order chi connectivity index (χ1) is 16.0. The molecule has 5 heterocycles. The van der Waals surface area contributed by atoms with Crippen LogP contribution in [0.1, 0.15) is 11.4 Å². The molecule has 0 spiro atoms. The predicted octanol–water partition coefficient (Wildman–Crippen LogP) is -0.569. The molecule has 2 fully saturated rings. The number of rotatable bonds is 6. The van der Waals surface area contributed by atoms with E-state index in [0.29, 0.717) is 43.2 Å². The van der Waals surface area contributed by atoms with Crippen LogP contribution in [0.5, 0.6) is 0 Å². The first kappa shape index (κ1) is 22.3. The molecule has 2 aliphatic rings. The fourth-order valence-corrected chi connectivity index (χ4v) is 4.91. The van der Waals surface area contributed by atoms with E-state index in [1.165, 1.54) is 9.13 Å². The molecule has 0 amide bonds. The number of hydrogen-bond donors (Lipinski definition) is 0. The van der Waals surface area contributed by atoms with Gasteiger partial charge in [-0.1, -0.05) is 0 Å². The van der Waals surface area contributed by atoms with E-state index in [4.69, 9.17) is 14.5 Å². The molecule has 0 N–H and O–H groups in total. The van der Waals surface area contributed by atoms with Gasteiger partial charge in [0.05, 0.1) is 26.4 Å². The molecule has 3 aromatic heterocycles. The maximum absolute atomic E-state index is 13.5. The minimum atomic E-state index is -0.323. The van der Waals surface area contributed by atoms with Crippen molar-refractivity contribution in [3.05, 3.63) is 32.2 Å². The van der Waals surface area contributed by atoms with Crippen LogP contribution in [-0.2, 0) is 29.6 Å². The maximum atomic E-state index is 13.5. The second-order valence-electron chi connectivity index (χ2n) is 8.95. The van der Waals surface area contributed by atoms with E-state index in [1.807, 2.05) is 11.3 Å². The molecule has 5 rings (SSSR count). The van der Waals surface area contributed by atoms with Crippen LogP contribution in [0.3, 0.4) is 0 Å². The molecule has 2 aliphatic heterocycles. The summed E-state index contributed by atoms with van der Waals surface area (Å²) in [5.41, 5.74) is 2.37. The van der Waals surface area contributed by atoms with Crippen LogP contribution in [0.15, 0.2) is 9.59 Å². The van der Waals surface area contributed by atoms with Crippen molar-refractivity contribution >= 4 is 16.9 Å². The van der Waals surface area contributed by atoms with Crippen molar-refractivity contribution in [2.24, 2.45) is 7.05 Å². The molecule has 0 radical (unpaired) electrons. The summed E-state index contributed by atoms with van der Waals surface area (Å²) in [4.78, 5) is 36.0. The van der Waals surface area contributed by atoms with E-state index < -0.39 is 0 Å². The summed E-state index contributed by atoms with van der Waals surface area (Å²) in [5.74, 6) is 0.714. The molecule has 0 atom stereocenters. The molecule has 0 saturated carbocycles. The number of aryl methyl sites for hydroxylation is 2. The quantitative estimate of drug-likeness (QED) is 0.488. The SMILES string of the molecule is Cc1c(C)n2c3c(=O)n(CCN4CCOCC4)c(=O)n(C)c3nc2n1CCN1CCOCC1. The lowest BCUT2D eigenvalue weighted by Crippen LogP contribution is -2.44. The Morgan fingerprint density at radius 2 is 1.33 bits per heavy atom. The zero-order chi connectivity index (χ0) is 23.1.